The predicted molar refractivity (Wildman–Crippen MR) is 66.9 cm³/mol. The van der Waals surface area contributed by atoms with Crippen LogP contribution in [0.4, 0.5) is 5.69 Å². The second-order valence-corrected chi connectivity index (χ2v) is 4.53. The Morgan fingerprint density at radius 1 is 1.72 bits per heavy atom. The van der Waals surface area contributed by atoms with E-state index in [4.69, 9.17) is 10.5 Å². The Labute approximate surface area is 106 Å². The molecular weight excluding hydrogens is 234 g/mol. The van der Waals surface area contributed by atoms with Crippen LogP contribution in [0.15, 0.2) is 12.4 Å². The highest BCUT2D eigenvalue weighted by atomic mass is 16.5. The van der Waals surface area contributed by atoms with Gasteiger partial charge < -0.3 is 20.7 Å². The molecule has 7 nitrogen and oxygen atoms in total. The van der Waals surface area contributed by atoms with Gasteiger partial charge in [0.1, 0.15) is 6.54 Å². The van der Waals surface area contributed by atoms with E-state index in [-0.39, 0.29) is 18.6 Å². The summed E-state index contributed by atoms with van der Waals surface area (Å²) in [6.45, 7) is 3.21. The van der Waals surface area contributed by atoms with E-state index in [1.165, 1.54) is 10.9 Å². The number of nitrogen functional groups attached to an aromatic ring is 1. The SMILES string of the molecule is CN1CCOC(CNC(=O)Cn2cc(N)cn2)C1. The van der Waals surface area contributed by atoms with Gasteiger partial charge in [0.05, 0.1) is 24.6 Å². The van der Waals surface area contributed by atoms with Gasteiger partial charge in [-0.1, -0.05) is 0 Å². The smallest absolute Gasteiger partial charge is 0.241 e. The van der Waals surface area contributed by atoms with Crippen molar-refractivity contribution in [1.29, 1.82) is 0 Å². The van der Waals surface area contributed by atoms with Crippen LogP contribution in [0.1, 0.15) is 0 Å². The quantitative estimate of drug-likeness (QED) is 0.712. The lowest BCUT2D eigenvalue weighted by atomic mass is 10.3. The van der Waals surface area contributed by atoms with Crippen molar-refractivity contribution in [3.63, 3.8) is 0 Å². The van der Waals surface area contributed by atoms with Gasteiger partial charge in [-0.3, -0.25) is 9.48 Å². The van der Waals surface area contributed by atoms with Crippen LogP contribution in [0.2, 0.25) is 0 Å². The summed E-state index contributed by atoms with van der Waals surface area (Å²) < 4.78 is 7.07. The Hall–Kier alpha value is -1.60. The predicted octanol–water partition coefficient (Wildman–Crippen LogP) is -1.09. The minimum atomic E-state index is -0.0880. The van der Waals surface area contributed by atoms with Gasteiger partial charge in [-0.25, -0.2) is 0 Å². The highest BCUT2D eigenvalue weighted by molar-refractivity contribution is 5.75. The van der Waals surface area contributed by atoms with Crippen molar-refractivity contribution >= 4 is 11.6 Å². The van der Waals surface area contributed by atoms with E-state index in [1.54, 1.807) is 6.20 Å². The Kier molecular flexibility index (Phi) is 4.16. The number of nitrogens with one attached hydrogen (secondary N) is 1. The van der Waals surface area contributed by atoms with E-state index in [0.717, 1.165) is 13.1 Å². The Balaban J connectivity index is 1.71. The lowest BCUT2D eigenvalue weighted by molar-refractivity contribution is -0.123. The Bertz CT molecular complexity index is 406. The number of anilines is 1. The molecule has 1 aliphatic rings. The molecule has 0 spiro atoms. The topological polar surface area (TPSA) is 85.4 Å². The molecular formula is C11H19N5O2. The number of hydrogen-bond acceptors (Lipinski definition) is 5. The van der Waals surface area contributed by atoms with Crippen LogP contribution in [-0.2, 0) is 16.1 Å². The first-order valence-corrected chi connectivity index (χ1v) is 5.98. The maximum absolute atomic E-state index is 11.7. The molecule has 0 bridgehead atoms. The summed E-state index contributed by atoms with van der Waals surface area (Å²) in [4.78, 5) is 13.9. The number of nitrogens with zero attached hydrogens (tertiary/aromatic N) is 3. The first-order valence-electron chi connectivity index (χ1n) is 5.98. The van der Waals surface area contributed by atoms with Gasteiger partial charge in [-0.05, 0) is 7.05 Å². The molecule has 3 N–H and O–H groups in total. The molecule has 0 aliphatic carbocycles. The number of morpholine rings is 1. The van der Waals surface area contributed by atoms with Gasteiger partial charge in [0.15, 0.2) is 0 Å². The summed E-state index contributed by atoms with van der Waals surface area (Å²) in [5.41, 5.74) is 6.08. The van der Waals surface area contributed by atoms with Crippen LogP contribution in [0.3, 0.4) is 0 Å². The third-order valence-electron chi connectivity index (χ3n) is 2.83. The third-order valence-corrected chi connectivity index (χ3v) is 2.83. The molecule has 1 amide bonds. The van der Waals surface area contributed by atoms with Gasteiger partial charge in [0, 0.05) is 25.8 Å². The normalized spacial score (nSPS) is 20.8. The maximum Gasteiger partial charge on any atom is 0.241 e. The number of carbonyl (C=O) groups excluding carboxylic acids is 1. The molecule has 1 atom stereocenters. The van der Waals surface area contributed by atoms with Crippen molar-refractivity contribution < 1.29 is 9.53 Å². The molecule has 2 heterocycles. The maximum atomic E-state index is 11.7. The average Bonchev–Trinajstić information content (AvgIpc) is 2.72. The molecule has 1 aromatic rings. The molecule has 1 aromatic heterocycles. The van der Waals surface area contributed by atoms with E-state index in [9.17, 15) is 4.79 Å². The minimum Gasteiger partial charge on any atom is -0.396 e. The summed E-state index contributed by atoms with van der Waals surface area (Å²) in [5, 5.41) is 6.79. The van der Waals surface area contributed by atoms with Crippen molar-refractivity contribution in [2.24, 2.45) is 0 Å². The summed E-state index contributed by atoms with van der Waals surface area (Å²) >= 11 is 0. The van der Waals surface area contributed by atoms with E-state index in [0.29, 0.717) is 18.8 Å². The fraction of sp³-hybridized carbons (Fsp3) is 0.636. The van der Waals surface area contributed by atoms with Gasteiger partial charge in [-0.15, -0.1) is 0 Å². The number of carbonyl (C=O) groups is 1. The first-order chi connectivity index (χ1) is 8.63. The second-order valence-electron chi connectivity index (χ2n) is 4.53. The van der Waals surface area contributed by atoms with Crippen LogP contribution in [-0.4, -0.2) is 60.0 Å². The summed E-state index contributed by atoms with van der Waals surface area (Å²) in [7, 11) is 2.05. The fourth-order valence-electron chi connectivity index (χ4n) is 1.89. The molecule has 1 saturated heterocycles. The Morgan fingerprint density at radius 3 is 3.22 bits per heavy atom. The zero-order chi connectivity index (χ0) is 13.0. The molecule has 0 aromatic carbocycles. The monoisotopic (exact) mass is 253 g/mol. The number of nitrogens with two attached hydrogens (primary N) is 1. The molecule has 1 aliphatic heterocycles. The molecule has 1 fully saturated rings. The summed E-state index contributed by atoms with van der Waals surface area (Å²) in [6.07, 6.45) is 3.21. The van der Waals surface area contributed by atoms with Crippen LogP contribution in [0.25, 0.3) is 0 Å². The molecule has 100 valence electrons. The van der Waals surface area contributed by atoms with Crippen molar-refractivity contribution in [3.8, 4) is 0 Å². The fourth-order valence-corrected chi connectivity index (χ4v) is 1.89. The van der Waals surface area contributed by atoms with Gasteiger partial charge in [-0.2, -0.15) is 5.10 Å². The lowest BCUT2D eigenvalue weighted by Crippen LogP contribution is -2.46. The van der Waals surface area contributed by atoms with Crippen LogP contribution < -0.4 is 11.1 Å². The molecule has 7 heteroatoms. The van der Waals surface area contributed by atoms with Crippen molar-refractivity contribution in [1.82, 2.24) is 20.0 Å². The van der Waals surface area contributed by atoms with Crippen molar-refractivity contribution in [3.05, 3.63) is 12.4 Å². The second kappa shape index (κ2) is 5.83. The minimum absolute atomic E-state index is 0.0652. The van der Waals surface area contributed by atoms with E-state index < -0.39 is 0 Å². The highest BCUT2D eigenvalue weighted by Gasteiger charge is 2.18. The van der Waals surface area contributed by atoms with Gasteiger partial charge in [0.2, 0.25) is 5.91 Å². The standard InChI is InChI=1S/C11H19N5O2/c1-15-2-3-18-10(7-15)5-13-11(17)8-16-6-9(12)4-14-16/h4,6,10H,2-3,5,7-8,12H2,1H3,(H,13,17). The zero-order valence-electron chi connectivity index (χ0n) is 10.5. The zero-order valence-corrected chi connectivity index (χ0v) is 10.5. The third kappa shape index (κ3) is 3.71. The van der Waals surface area contributed by atoms with Crippen LogP contribution in [0.5, 0.6) is 0 Å². The van der Waals surface area contributed by atoms with E-state index in [1.807, 2.05) is 7.05 Å². The molecule has 2 rings (SSSR count). The number of likely N-dealkylation sites (N-methyl/N-ethyl adjacent to an activating group) is 1. The molecule has 0 saturated carbocycles. The lowest BCUT2D eigenvalue weighted by Gasteiger charge is -2.30. The van der Waals surface area contributed by atoms with Gasteiger partial charge >= 0.3 is 0 Å². The van der Waals surface area contributed by atoms with E-state index >= 15 is 0 Å². The molecule has 0 radical (unpaired) electrons. The number of rotatable bonds is 4. The first kappa shape index (κ1) is 12.8. The highest BCUT2D eigenvalue weighted by Crippen LogP contribution is 2.01. The summed E-state index contributed by atoms with van der Waals surface area (Å²) in [6, 6.07) is 0. The molecule has 1 unspecified atom stereocenters. The largest absolute Gasteiger partial charge is 0.396 e. The van der Waals surface area contributed by atoms with Crippen LogP contribution >= 0.6 is 0 Å². The van der Waals surface area contributed by atoms with Crippen molar-refractivity contribution in [2.45, 2.75) is 12.6 Å². The van der Waals surface area contributed by atoms with Crippen LogP contribution in [0, 0.1) is 0 Å². The van der Waals surface area contributed by atoms with E-state index in [2.05, 4.69) is 15.3 Å². The average molecular weight is 253 g/mol. The summed E-state index contributed by atoms with van der Waals surface area (Å²) in [5.74, 6) is -0.0880. The number of hydrogen-bond donors (Lipinski definition) is 2. The van der Waals surface area contributed by atoms with Gasteiger partial charge in [0.25, 0.3) is 0 Å². The Morgan fingerprint density at radius 2 is 2.56 bits per heavy atom. The molecule has 18 heavy (non-hydrogen) atoms. The van der Waals surface area contributed by atoms with Crippen molar-refractivity contribution in [2.75, 3.05) is 39.0 Å². The number of aromatic nitrogens is 2. The number of amides is 1. The number of ether oxygens (including phenoxy) is 1.